The van der Waals surface area contributed by atoms with Crippen LogP contribution in [-0.4, -0.2) is 31.4 Å². The van der Waals surface area contributed by atoms with Gasteiger partial charge in [0.05, 0.1) is 17.8 Å². The standard InChI is InChI=1S/C33H33N3O2S/c1-3-35(27-10-5-4-6-11-27)21-9-20-34-32(37)26-18-19-31-29(22-26)36(23-25-16-14-24(2)15-17-25)33(38)28-12-7-8-13-30(28)39-31/h4-8,10-19,22H,3,9,20-21,23H2,1-2H3,(H,34,37). The van der Waals surface area contributed by atoms with E-state index in [9.17, 15) is 9.59 Å². The van der Waals surface area contributed by atoms with Crippen molar-refractivity contribution >= 4 is 35.0 Å². The number of rotatable bonds is 9. The zero-order valence-electron chi connectivity index (χ0n) is 22.4. The largest absolute Gasteiger partial charge is 0.372 e. The first-order chi connectivity index (χ1) is 19.0. The molecule has 0 saturated carbocycles. The van der Waals surface area contributed by atoms with Crippen LogP contribution in [0.4, 0.5) is 11.4 Å². The predicted octanol–water partition coefficient (Wildman–Crippen LogP) is 6.95. The molecule has 1 aliphatic heterocycles. The topological polar surface area (TPSA) is 52.7 Å². The molecule has 198 valence electrons. The molecule has 0 saturated heterocycles. The molecule has 2 amide bonds. The molecule has 5 rings (SSSR count). The molecule has 0 spiro atoms. The van der Waals surface area contributed by atoms with E-state index in [-0.39, 0.29) is 11.8 Å². The molecule has 0 bridgehead atoms. The Kier molecular flexibility index (Phi) is 8.33. The number of para-hydroxylation sites is 1. The predicted molar refractivity (Wildman–Crippen MR) is 160 cm³/mol. The summed E-state index contributed by atoms with van der Waals surface area (Å²) in [4.78, 5) is 32.9. The van der Waals surface area contributed by atoms with E-state index in [1.54, 1.807) is 16.7 Å². The fourth-order valence-corrected chi connectivity index (χ4v) is 5.84. The lowest BCUT2D eigenvalue weighted by atomic mass is 10.1. The first kappa shape index (κ1) is 26.6. The third kappa shape index (κ3) is 6.18. The van der Waals surface area contributed by atoms with Crippen LogP contribution in [0.2, 0.25) is 0 Å². The van der Waals surface area contributed by atoms with E-state index in [1.165, 1.54) is 11.3 Å². The molecule has 0 aliphatic carbocycles. The number of aryl methyl sites for hydroxylation is 1. The smallest absolute Gasteiger partial charge is 0.259 e. The van der Waals surface area contributed by atoms with Crippen LogP contribution in [0.25, 0.3) is 0 Å². The van der Waals surface area contributed by atoms with Gasteiger partial charge in [-0.05, 0) is 68.3 Å². The van der Waals surface area contributed by atoms with Crippen LogP contribution < -0.4 is 15.1 Å². The molecular weight excluding hydrogens is 502 g/mol. The van der Waals surface area contributed by atoms with Crippen LogP contribution in [0.1, 0.15) is 45.2 Å². The van der Waals surface area contributed by atoms with Crippen molar-refractivity contribution in [2.24, 2.45) is 0 Å². The van der Waals surface area contributed by atoms with Gasteiger partial charge in [-0.3, -0.25) is 9.59 Å². The van der Waals surface area contributed by atoms with E-state index < -0.39 is 0 Å². The molecule has 1 heterocycles. The average molecular weight is 536 g/mol. The van der Waals surface area contributed by atoms with Crippen LogP contribution in [-0.2, 0) is 6.54 Å². The van der Waals surface area contributed by atoms with Crippen molar-refractivity contribution in [3.8, 4) is 0 Å². The lowest BCUT2D eigenvalue weighted by molar-refractivity contribution is 0.0949. The number of carbonyl (C=O) groups excluding carboxylic acids is 2. The summed E-state index contributed by atoms with van der Waals surface area (Å²) in [6.45, 7) is 6.97. The first-order valence-electron chi connectivity index (χ1n) is 13.4. The molecule has 5 nitrogen and oxygen atoms in total. The molecule has 0 atom stereocenters. The number of fused-ring (bicyclic) bond motifs is 2. The highest BCUT2D eigenvalue weighted by Crippen LogP contribution is 2.42. The average Bonchev–Trinajstić information content (AvgIpc) is 3.08. The van der Waals surface area contributed by atoms with Crippen molar-refractivity contribution in [1.29, 1.82) is 0 Å². The maximum atomic E-state index is 13.8. The molecule has 4 aromatic rings. The summed E-state index contributed by atoms with van der Waals surface area (Å²) in [6, 6.07) is 31.9. The van der Waals surface area contributed by atoms with Crippen molar-refractivity contribution in [2.45, 2.75) is 36.6 Å². The van der Waals surface area contributed by atoms with Gasteiger partial charge < -0.3 is 15.1 Å². The summed E-state index contributed by atoms with van der Waals surface area (Å²) in [6.07, 6.45) is 0.836. The Hall–Kier alpha value is -4.03. The van der Waals surface area contributed by atoms with Crippen molar-refractivity contribution in [3.05, 3.63) is 119 Å². The van der Waals surface area contributed by atoms with Crippen molar-refractivity contribution in [1.82, 2.24) is 5.32 Å². The van der Waals surface area contributed by atoms with E-state index in [2.05, 4.69) is 60.5 Å². The van der Waals surface area contributed by atoms with Crippen LogP contribution >= 0.6 is 11.8 Å². The van der Waals surface area contributed by atoms with E-state index in [0.29, 0.717) is 24.2 Å². The Morgan fingerprint density at radius 2 is 1.64 bits per heavy atom. The highest BCUT2D eigenvalue weighted by atomic mass is 32.2. The normalized spacial score (nSPS) is 12.4. The lowest BCUT2D eigenvalue weighted by Gasteiger charge is -2.24. The van der Waals surface area contributed by atoms with Gasteiger partial charge in [0.25, 0.3) is 11.8 Å². The molecule has 0 unspecified atom stereocenters. The molecule has 1 N–H and O–H groups in total. The number of anilines is 2. The maximum absolute atomic E-state index is 13.8. The second-order valence-corrected chi connectivity index (χ2v) is 10.8. The van der Waals surface area contributed by atoms with E-state index in [0.717, 1.165) is 40.6 Å². The maximum Gasteiger partial charge on any atom is 0.259 e. The number of benzene rings is 4. The van der Waals surface area contributed by atoms with Crippen LogP contribution in [0.3, 0.4) is 0 Å². The third-order valence-electron chi connectivity index (χ3n) is 6.95. The summed E-state index contributed by atoms with van der Waals surface area (Å²) in [5, 5.41) is 3.08. The number of nitrogens with zero attached hydrogens (tertiary/aromatic N) is 2. The second kappa shape index (κ2) is 12.2. The highest BCUT2D eigenvalue weighted by Gasteiger charge is 2.28. The van der Waals surface area contributed by atoms with Gasteiger partial charge in [0, 0.05) is 40.7 Å². The monoisotopic (exact) mass is 535 g/mol. The second-order valence-electron chi connectivity index (χ2n) is 9.68. The quantitative estimate of drug-likeness (QED) is 0.236. The van der Waals surface area contributed by atoms with Gasteiger partial charge in [-0.25, -0.2) is 0 Å². The molecular formula is C33H33N3O2S. The summed E-state index contributed by atoms with van der Waals surface area (Å²) in [7, 11) is 0. The Morgan fingerprint density at radius 1 is 0.897 bits per heavy atom. The van der Waals surface area contributed by atoms with Gasteiger partial charge in [-0.1, -0.05) is 71.9 Å². The summed E-state index contributed by atoms with van der Waals surface area (Å²) in [5.74, 6) is -0.189. The van der Waals surface area contributed by atoms with Gasteiger partial charge in [0.15, 0.2) is 0 Å². The number of carbonyl (C=O) groups is 2. The number of hydrogen-bond acceptors (Lipinski definition) is 4. The zero-order valence-corrected chi connectivity index (χ0v) is 23.2. The minimum Gasteiger partial charge on any atom is -0.372 e. The zero-order chi connectivity index (χ0) is 27.2. The lowest BCUT2D eigenvalue weighted by Crippen LogP contribution is -2.31. The molecule has 0 fully saturated rings. The van der Waals surface area contributed by atoms with Crippen LogP contribution in [0.15, 0.2) is 107 Å². The number of nitrogens with one attached hydrogen (secondary N) is 1. The van der Waals surface area contributed by atoms with Gasteiger partial charge in [-0.2, -0.15) is 0 Å². The van der Waals surface area contributed by atoms with Crippen molar-refractivity contribution < 1.29 is 9.59 Å². The number of amides is 2. The summed E-state index contributed by atoms with van der Waals surface area (Å²) in [5.41, 5.74) is 5.39. The molecule has 6 heteroatoms. The fraction of sp³-hybridized carbons (Fsp3) is 0.212. The van der Waals surface area contributed by atoms with Gasteiger partial charge in [0.2, 0.25) is 0 Å². The molecule has 4 aromatic carbocycles. The Labute approximate surface area is 234 Å². The SMILES string of the molecule is CCN(CCCNC(=O)c1ccc2c(c1)N(Cc1ccc(C)cc1)C(=O)c1ccccc1S2)c1ccccc1. The van der Waals surface area contributed by atoms with Gasteiger partial charge in [-0.15, -0.1) is 0 Å². The molecule has 0 radical (unpaired) electrons. The molecule has 1 aliphatic rings. The minimum atomic E-state index is -0.130. The highest BCUT2D eigenvalue weighted by molar-refractivity contribution is 7.99. The first-order valence-corrected chi connectivity index (χ1v) is 14.2. The van der Waals surface area contributed by atoms with Gasteiger partial charge in [0.1, 0.15) is 0 Å². The number of hydrogen-bond donors (Lipinski definition) is 1. The van der Waals surface area contributed by atoms with E-state index in [1.807, 2.05) is 60.7 Å². The van der Waals surface area contributed by atoms with Gasteiger partial charge >= 0.3 is 0 Å². The minimum absolute atomic E-state index is 0.0597. The Morgan fingerprint density at radius 3 is 2.41 bits per heavy atom. The van der Waals surface area contributed by atoms with E-state index >= 15 is 0 Å². The molecule has 0 aromatic heterocycles. The summed E-state index contributed by atoms with van der Waals surface area (Å²) >= 11 is 1.57. The fourth-order valence-electron chi connectivity index (χ4n) is 4.78. The Bertz CT molecular complexity index is 1450. The van der Waals surface area contributed by atoms with Crippen molar-refractivity contribution in [3.63, 3.8) is 0 Å². The third-order valence-corrected chi connectivity index (χ3v) is 8.09. The summed E-state index contributed by atoms with van der Waals surface area (Å²) < 4.78 is 0. The van der Waals surface area contributed by atoms with E-state index in [4.69, 9.17) is 0 Å². The van der Waals surface area contributed by atoms with Crippen LogP contribution in [0.5, 0.6) is 0 Å². The van der Waals surface area contributed by atoms with Crippen LogP contribution in [0, 0.1) is 6.92 Å². The van der Waals surface area contributed by atoms with Crippen molar-refractivity contribution in [2.75, 3.05) is 29.4 Å². The Balaban J connectivity index is 1.33. The molecule has 39 heavy (non-hydrogen) atoms.